The summed E-state index contributed by atoms with van der Waals surface area (Å²) in [6.45, 7) is 2.30. The Morgan fingerprint density at radius 3 is 1.64 bits per heavy atom. The van der Waals surface area contributed by atoms with Crippen molar-refractivity contribution in [2.24, 2.45) is 0 Å². The number of aliphatic hydroxyl groups is 1. The summed E-state index contributed by atoms with van der Waals surface area (Å²) in [5, 5.41) is 7.99. The standard InChI is InChI=1S/C16H34O4S.K/c1-2-3-13-16(21(18,19)20)14-11-9-7-5-4-6-8-10-12-15-17;/h16-17H,2-15H2,1H3,(H,18,19,20);/q;+1/p-1. The molecule has 1 unspecified atom stereocenters. The van der Waals surface area contributed by atoms with Gasteiger partial charge < -0.3 is 9.66 Å². The summed E-state index contributed by atoms with van der Waals surface area (Å²) in [4.78, 5) is 0. The van der Waals surface area contributed by atoms with Crippen molar-refractivity contribution in [1.82, 2.24) is 0 Å². The smallest absolute Gasteiger partial charge is 0.748 e. The van der Waals surface area contributed by atoms with Crippen molar-refractivity contribution in [3.05, 3.63) is 0 Å². The van der Waals surface area contributed by atoms with Crippen LogP contribution in [0.3, 0.4) is 0 Å². The number of unbranched alkanes of at least 4 members (excludes halogenated alkanes) is 9. The van der Waals surface area contributed by atoms with Gasteiger partial charge in [-0.15, -0.1) is 0 Å². The Hall–Kier alpha value is 1.51. The van der Waals surface area contributed by atoms with Crippen LogP contribution in [0.4, 0.5) is 0 Å². The van der Waals surface area contributed by atoms with E-state index in [0.29, 0.717) is 19.4 Å². The molecule has 0 aliphatic rings. The predicted octanol–water partition coefficient (Wildman–Crippen LogP) is 0.988. The van der Waals surface area contributed by atoms with Crippen molar-refractivity contribution >= 4 is 10.1 Å². The minimum Gasteiger partial charge on any atom is -0.748 e. The molecule has 0 fully saturated rings. The summed E-state index contributed by atoms with van der Waals surface area (Å²) >= 11 is 0. The molecule has 0 rings (SSSR count). The molecular formula is C16H33KO4S. The molecule has 1 atom stereocenters. The van der Waals surface area contributed by atoms with Gasteiger partial charge >= 0.3 is 51.4 Å². The third-order valence-corrected chi connectivity index (χ3v) is 5.26. The zero-order chi connectivity index (χ0) is 16.0. The fourth-order valence-corrected chi connectivity index (χ4v) is 3.50. The Morgan fingerprint density at radius 2 is 1.23 bits per heavy atom. The molecule has 6 heteroatoms. The molecule has 0 aromatic heterocycles. The first-order chi connectivity index (χ1) is 10.0. The summed E-state index contributed by atoms with van der Waals surface area (Å²) in [6.07, 6.45) is 12.6. The van der Waals surface area contributed by atoms with Gasteiger partial charge in [0, 0.05) is 11.9 Å². The third kappa shape index (κ3) is 16.4. The number of hydrogen-bond acceptors (Lipinski definition) is 4. The van der Waals surface area contributed by atoms with E-state index < -0.39 is 15.4 Å². The van der Waals surface area contributed by atoms with Crippen molar-refractivity contribution in [2.75, 3.05) is 6.61 Å². The van der Waals surface area contributed by atoms with E-state index in [-0.39, 0.29) is 51.4 Å². The minimum absolute atomic E-state index is 0. The molecule has 0 saturated heterocycles. The van der Waals surface area contributed by atoms with Gasteiger partial charge in [-0.3, -0.25) is 0 Å². The van der Waals surface area contributed by atoms with Crippen LogP contribution in [0.2, 0.25) is 0 Å². The second-order valence-corrected chi connectivity index (χ2v) is 7.60. The fourth-order valence-electron chi connectivity index (χ4n) is 2.59. The van der Waals surface area contributed by atoms with E-state index in [0.717, 1.165) is 44.9 Å². The van der Waals surface area contributed by atoms with Gasteiger partial charge in [-0.05, 0) is 19.3 Å². The van der Waals surface area contributed by atoms with Gasteiger partial charge in [0.25, 0.3) is 0 Å². The number of hydrogen-bond donors (Lipinski definition) is 1. The zero-order valence-electron chi connectivity index (χ0n) is 14.6. The van der Waals surface area contributed by atoms with Crippen LogP contribution in [-0.4, -0.2) is 29.9 Å². The van der Waals surface area contributed by atoms with E-state index in [1.165, 1.54) is 25.7 Å². The molecule has 0 radical (unpaired) electrons. The van der Waals surface area contributed by atoms with Crippen LogP contribution in [0, 0.1) is 0 Å². The third-order valence-electron chi connectivity index (χ3n) is 3.97. The van der Waals surface area contributed by atoms with Crippen molar-refractivity contribution in [3.63, 3.8) is 0 Å². The van der Waals surface area contributed by atoms with Gasteiger partial charge in [0.15, 0.2) is 0 Å². The van der Waals surface area contributed by atoms with Gasteiger partial charge in [0.1, 0.15) is 0 Å². The largest absolute Gasteiger partial charge is 1.00 e. The van der Waals surface area contributed by atoms with Crippen molar-refractivity contribution in [3.8, 4) is 0 Å². The van der Waals surface area contributed by atoms with Crippen LogP contribution >= 0.6 is 0 Å². The average Bonchev–Trinajstić information content (AvgIpc) is 2.42. The van der Waals surface area contributed by atoms with E-state index in [1.54, 1.807) is 0 Å². The monoisotopic (exact) mass is 360 g/mol. The summed E-state index contributed by atoms with van der Waals surface area (Å²) in [5.41, 5.74) is 0. The van der Waals surface area contributed by atoms with Crippen molar-refractivity contribution in [2.45, 2.75) is 95.6 Å². The molecule has 0 spiro atoms. The Kier molecular flexibility index (Phi) is 20.3. The Morgan fingerprint density at radius 1 is 0.818 bits per heavy atom. The van der Waals surface area contributed by atoms with Crippen LogP contribution < -0.4 is 51.4 Å². The van der Waals surface area contributed by atoms with Crippen LogP contribution in [0.15, 0.2) is 0 Å². The molecule has 0 aliphatic carbocycles. The SMILES string of the molecule is CCCCC(CCCCCCCCCCCO)S(=O)(=O)[O-].[K+]. The van der Waals surface area contributed by atoms with Crippen LogP contribution in [0.5, 0.6) is 0 Å². The van der Waals surface area contributed by atoms with E-state index >= 15 is 0 Å². The molecular weight excluding hydrogens is 327 g/mol. The molecule has 0 heterocycles. The Balaban J connectivity index is 0. The van der Waals surface area contributed by atoms with Gasteiger partial charge in [-0.25, -0.2) is 8.42 Å². The maximum absolute atomic E-state index is 11.2. The Labute approximate surface area is 180 Å². The average molecular weight is 361 g/mol. The molecule has 128 valence electrons. The molecule has 0 aliphatic heterocycles. The molecule has 0 amide bonds. The maximum Gasteiger partial charge on any atom is 1.00 e. The van der Waals surface area contributed by atoms with E-state index in [4.69, 9.17) is 5.11 Å². The van der Waals surface area contributed by atoms with E-state index in [2.05, 4.69) is 0 Å². The van der Waals surface area contributed by atoms with Crippen molar-refractivity contribution < 1.29 is 69.5 Å². The summed E-state index contributed by atoms with van der Waals surface area (Å²) in [7, 11) is -4.12. The van der Waals surface area contributed by atoms with Crippen LogP contribution in [-0.2, 0) is 10.1 Å². The predicted molar refractivity (Wildman–Crippen MR) is 86.3 cm³/mol. The Bertz CT molecular complexity index is 320. The topological polar surface area (TPSA) is 77.4 Å². The van der Waals surface area contributed by atoms with Crippen LogP contribution in [0.25, 0.3) is 0 Å². The molecule has 4 nitrogen and oxygen atoms in total. The summed E-state index contributed by atoms with van der Waals surface area (Å²) < 4.78 is 33.5. The van der Waals surface area contributed by atoms with Crippen molar-refractivity contribution in [1.29, 1.82) is 0 Å². The minimum atomic E-state index is -4.12. The number of rotatable bonds is 15. The molecule has 0 bridgehead atoms. The second-order valence-electron chi connectivity index (χ2n) is 5.95. The maximum atomic E-state index is 11.2. The normalized spacial score (nSPS) is 12.9. The van der Waals surface area contributed by atoms with Crippen LogP contribution in [0.1, 0.15) is 90.4 Å². The fraction of sp³-hybridized carbons (Fsp3) is 1.00. The van der Waals surface area contributed by atoms with Gasteiger partial charge in [0.05, 0.1) is 10.1 Å². The van der Waals surface area contributed by atoms with E-state index in [9.17, 15) is 13.0 Å². The van der Waals surface area contributed by atoms with Gasteiger partial charge in [0.2, 0.25) is 0 Å². The van der Waals surface area contributed by atoms with Gasteiger partial charge in [-0.1, -0.05) is 71.1 Å². The van der Waals surface area contributed by atoms with E-state index in [1.807, 2.05) is 6.92 Å². The zero-order valence-corrected chi connectivity index (χ0v) is 18.5. The molecule has 22 heavy (non-hydrogen) atoms. The molecule has 1 N–H and O–H groups in total. The molecule has 0 saturated carbocycles. The first-order valence-corrected chi connectivity index (χ1v) is 10.0. The quantitative estimate of drug-likeness (QED) is 0.268. The summed E-state index contributed by atoms with van der Waals surface area (Å²) in [5.74, 6) is 0. The first kappa shape index (κ1) is 25.7. The summed E-state index contributed by atoms with van der Waals surface area (Å²) in [6, 6.07) is 0. The second kappa shape index (κ2) is 17.3. The molecule has 0 aromatic rings. The first-order valence-electron chi connectivity index (χ1n) is 8.58. The molecule has 0 aromatic carbocycles. The van der Waals surface area contributed by atoms with Gasteiger partial charge in [-0.2, -0.15) is 0 Å². The number of aliphatic hydroxyl groups excluding tert-OH is 1.